The Kier molecular flexibility index (Phi) is 7.60. The summed E-state index contributed by atoms with van der Waals surface area (Å²) in [5.74, 6) is -1.23. The number of hydrogen-bond acceptors (Lipinski definition) is 6. The number of amides is 1. The summed E-state index contributed by atoms with van der Waals surface area (Å²) in [4.78, 5) is 40.0. The zero-order valence-corrected chi connectivity index (χ0v) is 21.2. The molecule has 2 aromatic rings. The second kappa shape index (κ2) is 10.1. The van der Waals surface area contributed by atoms with Gasteiger partial charge in [-0.2, -0.15) is 0 Å². The molecule has 1 unspecified atom stereocenters. The minimum Gasteiger partial charge on any atom is -0.478 e. The zero-order valence-electron chi connectivity index (χ0n) is 20.4. The number of rotatable bonds is 7. The molecule has 1 fully saturated rings. The first kappa shape index (κ1) is 25.6. The van der Waals surface area contributed by atoms with Crippen LogP contribution < -0.4 is 4.74 Å². The molecule has 0 saturated carbocycles. The smallest absolute Gasteiger partial charge is 0.409 e. The fourth-order valence-corrected chi connectivity index (χ4v) is 4.72. The van der Waals surface area contributed by atoms with Gasteiger partial charge in [-0.3, -0.25) is 4.79 Å². The molecule has 2 atom stereocenters. The Bertz CT molecular complexity index is 1070. The van der Waals surface area contributed by atoms with Gasteiger partial charge in [0.25, 0.3) is 0 Å². The summed E-state index contributed by atoms with van der Waals surface area (Å²) in [6.45, 7) is 7.34. The first-order valence-electron chi connectivity index (χ1n) is 11.0. The molecule has 182 valence electrons. The molecule has 7 nitrogen and oxygen atoms in total. The molecule has 1 heterocycles. The lowest BCUT2D eigenvalue weighted by Crippen LogP contribution is -2.38. The number of carboxylic acid groups (broad SMARTS) is 1. The van der Waals surface area contributed by atoms with E-state index in [0.29, 0.717) is 17.9 Å². The molecule has 1 aliphatic heterocycles. The molecule has 8 heteroatoms. The molecule has 0 radical (unpaired) electrons. The van der Waals surface area contributed by atoms with Crippen molar-refractivity contribution in [1.29, 1.82) is 0 Å². The van der Waals surface area contributed by atoms with Crippen LogP contribution in [0.5, 0.6) is 5.75 Å². The fourth-order valence-electron chi connectivity index (χ4n) is 4.31. The number of thioether (sulfide) groups is 1. The number of carboxylic acids is 1. The van der Waals surface area contributed by atoms with E-state index in [9.17, 15) is 19.5 Å². The lowest BCUT2D eigenvalue weighted by molar-refractivity contribution is -0.152. The molecule has 0 bridgehead atoms. The standard InChI is InChI=1S/C26H31NO6S/c1-15-11-18(12-16(2)23(15)33-26(3,4)24(29)30)20-13-27(25(31)32-5)14-21(20)22(28)17-7-9-19(34-6)10-8-17/h7-12,20-21H,13-14H2,1-6H3,(H,29,30)/t20-,21?/m1/s1. The lowest BCUT2D eigenvalue weighted by atomic mass is 9.82. The van der Waals surface area contributed by atoms with E-state index in [-0.39, 0.29) is 18.2 Å². The molecular formula is C26H31NO6S. The van der Waals surface area contributed by atoms with Crippen LogP contribution in [0.15, 0.2) is 41.3 Å². The normalized spacial score (nSPS) is 18.0. The van der Waals surface area contributed by atoms with Crippen molar-refractivity contribution in [3.63, 3.8) is 0 Å². The number of methoxy groups -OCH3 is 1. The van der Waals surface area contributed by atoms with Gasteiger partial charge in [0, 0.05) is 35.4 Å². The fraction of sp³-hybridized carbons (Fsp3) is 0.423. The lowest BCUT2D eigenvalue weighted by Gasteiger charge is -2.26. The van der Waals surface area contributed by atoms with Gasteiger partial charge >= 0.3 is 12.1 Å². The van der Waals surface area contributed by atoms with Crippen LogP contribution in [0.1, 0.15) is 46.8 Å². The summed E-state index contributed by atoms with van der Waals surface area (Å²) >= 11 is 1.61. The Hall–Kier alpha value is -3.00. The topological polar surface area (TPSA) is 93.1 Å². The van der Waals surface area contributed by atoms with E-state index >= 15 is 0 Å². The summed E-state index contributed by atoms with van der Waals surface area (Å²) in [6, 6.07) is 11.3. The van der Waals surface area contributed by atoms with Gasteiger partial charge in [-0.15, -0.1) is 11.8 Å². The van der Waals surface area contributed by atoms with Crippen LogP contribution in [0.4, 0.5) is 4.79 Å². The number of benzene rings is 2. The van der Waals surface area contributed by atoms with Crippen molar-refractivity contribution in [1.82, 2.24) is 4.90 Å². The average molecular weight is 486 g/mol. The van der Waals surface area contributed by atoms with Crippen LogP contribution in [-0.2, 0) is 9.53 Å². The number of Topliss-reactive ketones (excluding diaryl/α,β-unsaturated/α-hetero) is 1. The van der Waals surface area contributed by atoms with Gasteiger partial charge in [0.15, 0.2) is 11.4 Å². The second-order valence-corrected chi connectivity index (χ2v) is 9.96. The van der Waals surface area contributed by atoms with Gasteiger partial charge in [0.1, 0.15) is 5.75 Å². The van der Waals surface area contributed by atoms with Gasteiger partial charge in [0.2, 0.25) is 0 Å². The third-order valence-electron chi connectivity index (χ3n) is 6.25. The van der Waals surface area contributed by atoms with Crippen molar-refractivity contribution in [3.8, 4) is 5.75 Å². The van der Waals surface area contributed by atoms with Gasteiger partial charge in [0.05, 0.1) is 7.11 Å². The summed E-state index contributed by atoms with van der Waals surface area (Å²) < 4.78 is 10.8. The van der Waals surface area contributed by atoms with E-state index in [2.05, 4.69) is 0 Å². The molecule has 0 aromatic heterocycles. The number of carbonyl (C=O) groups is 3. The largest absolute Gasteiger partial charge is 0.478 e. The number of hydrogen-bond donors (Lipinski definition) is 1. The van der Waals surface area contributed by atoms with Crippen molar-refractivity contribution < 1.29 is 29.0 Å². The highest BCUT2D eigenvalue weighted by Gasteiger charge is 2.41. The summed E-state index contributed by atoms with van der Waals surface area (Å²) in [6.07, 6.45) is 1.52. The maximum Gasteiger partial charge on any atom is 0.409 e. The molecule has 0 spiro atoms. The van der Waals surface area contributed by atoms with Crippen LogP contribution in [0, 0.1) is 19.8 Å². The Morgan fingerprint density at radius 3 is 2.15 bits per heavy atom. The molecule has 3 rings (SSSR count). The van der Waals surface area contributed by atoms with Crippen molar-refractivity contribution >= 4 is 29.6 Å². The SMILES string of the molecule is COC(=O)N1CC(C(=O)c2ccc(SC)cc2)[C@@H](c2cc(C)c(OC(C)(C)C(=O)O)c(C)c2)C1. The number of likely N-dealkylation sites (tertiary alicyclic amines) is 1. The second-order valence-electron chi connectivity index (χ2n) is 9.08. The minimum atomic E-state index is -1.38. The molecular weight excluding hydrogens is 454 g/mol. The highest BCUT2D eigenvalue weighted by Crippen LogP contribution is 2.39. The Morgan fingerprint density at radius 1 is 1.06 bits per heavy atom. The Balaban J connectivity index is 1.97. The van der Waals surface area contributed by atoms with E-state index in [0.717, 1.165) is 21.6 Å². The highest BCUT2D eigenvalue weighted by molar-refractivity contribution is 7.98. The number of ether oxygens (including phenoxy) is 2. The number of aryl methyl sites for hydroxylation is 2. The van der Waals surface area contributed by atoms with E-state index in [4.69, 9.17) is 9.47 Å². The van der Waals surface area contributed by atoms with Crippen molar-refractivity contribution in [2.75, 3.05) is 26.5 Å². The van der Waals surface area contributed by atoms with Crippen molar-refractivity contribution in [3.05, 3.63) is 58.7 Å². The van der Waals surface area contributed by atoms with E-state index < -0.39 is 23.6 Å². The number of ketones is 1. The first-order chi connectivity index (χ1) is 16.0. The maximum absolute atomic E-state index is 13.5. The third kappa shape index (κ3) is 5.22. The van der Waals surface area contributed by atoms with E-state index in [1.165, 1.54) is 21.0 Å². The average Bonchev–Trinajstić information content (AvgIpc) is 3.25. The predicted octanol–water partition coefficient (Wildman–Crippen LogP) is 4.93. The molecule has 1 N–H and O–H groups in total. The molecule has 1 amide bonds. The summed E-state index contributed by atoms with van der Waals surface area (Å²) in [5.41, 5.74) is 1.68. The van der Waals surface area contributed by atoms with Crippen LogP contribution in [0.3, 0.4) is 0 Å². The van der Waals surface area contributed by atoms with E-state index in [1.54, 1.807) is 16.7 Å². The predicted molar refractivity (Wildman–Crippen MR) is 131 cm³/mol. The molecule has 2 aromatic carbocycles. The molecule has 34 heavy (non-hydrogen) atoms. The van der Waals surface area contributed by atoms with Gasteiger partial charge < -0.3 is 19.5 Å². The Labute approximate surface area is 204 Å². The van der Waals surface area contributed by atoms with Crippen molar-refractivity contribution in [2.45, 2.75) is 44.1 Å². The van der Waals surface area contributed by atoms with Crippen LogP contribution in [-0.4, -0.2) is 59.9 Å². The van der Waals surface area contributed by atoms with Crippen LogP contribution in [0.2, 0.25) is 0 Å². The highest BCUT2D eigenvalue weighted by atomic mass is 32.2. The zero-order chi connectivity index (χ0) is 25.2. The van der Waals surface area contributed by atoms with Crippen LogP contribution in [0.25, 0.3) is 0 Å². The molecule has 1 saturated heterocycles. The third-order valence-corrected chi connectivity index (χ3v) is 6.99. The first-order valence-corrected chi connectivity index (χ1v) is 12.3. The quantitative estimate of drug-likeness (QED) is 0.439. The maximum atomic E-state index is 13.5. The van der Waals surface area contributed by atoms with Crippen LogP contribution >= 0.6 is 11.8 Å². The van der Waals surface area contributed by atoms with Gasteiger partial charge in [-0.1, -0.05) is 24.3 Å². The molecule has 1 aliphatic rings. The number of aliphatic carboxylic acids is 1. The Morgan fingerprint density at radius 2 is 1.65 bits per heavy atom. The monoisotopic (exact) mass is 485 g/mol. The number of carbonyl (C=O) groups excluding carboxylic acids is 2. The van der Waals surface area contributed by atoms with Crippen molar-refractivity contribution in [2.24, 2.45) is 5.92 Å². The minimum absolute atomic E-state index is 0.0216. The summed E-state index contributed by atoms with van der Waals surface area (Å²) in [7, 11) is 1.33. The molecule has 0 aliphatic carbocycles. The van der Waals surface area contributed by atoms with E-state index in [1.807, 2.05) is 56.5 Å². The van der Waals surface area contributed by atoms with Gasteiger partial charge in [-0.05, 0) is 62.8 Å². The number of nitrogens with zero attached hydrogens (tertiary/aromatic N) is 1. The summed E-state index contributed by atoms with van der Waals surface area (Å²) in [5, 5.41) is 9.44. The van der Waals surface area contributed by atoms with Gasteiger partial charge in [-0.25, -0.2) is 9.59 Å².